The summed E-state index contributed by atoms with van der Waals surface area (Å²) in [6.45, 7) is 4.09. The smallest absolute Gasteiger partial charge is 0.163 e. The molecule has 12 heavy (non-hydrogen) atoms. The molecule has 2 spiro atoms. The van der Waals surface area contributed by atoms with Gasteiger partial charge >= 0.3 is 0 Å². The molecule has 1 saturated heterocycles. The van der Waals surface area contributed by atoms with E-state index in [0.717, 1.165) is 22.7 Å². The van der Waals surface area contributed by atoms with Gasteiger partial charge in [0.05, 0.1) is 12.2 Å². The average molecular weight is 164 g/mol. The zero-order valence-electron chi connectivity index (χ0n) is 7.33. The van der Waals surface area contributed by atoms with Gasteiger partial charge in [0.15, 0.2) is 5.79 Å². The Balaban J connectivity index is 1.61. The maximum Gasteiger partial charge on any atom is 0.163 e. The summed E-state index contributed by atoms with van der Waals surface area (Å²) in [6.07, 6.45) is 2.48. The summed E-state index contributed by atoms with van der Waals surface area (Å²) in [7, 11) is 0. The third-order valence-electron chi connectivity index (χ3n) is 5.20. The second-order valence-electron chi connectivity index (χ2n) is 5.78. The van der Waals surface area contributed by atoms with Gasteiger partial charge in [-0.1, -0.05) is 0 Å². The quantitative estimate of drug-likeness (QED) is 0.535. The number of ether oxygens (including phenoxy) is 2. The molecule has 0 radical (unpaired) electrons. The molecule has 0 aromatic rings. The fraction of sp³-hybridized carbons (Fsp3) is 1.00. The highest BCUT2D eigenvalue weighted by molar-refractivity contribution is 5.63. The third kappa shape index (κ3) is 0.262. The molecule has 6 fully saturated rings. The number of hydrogen-bond donors (Lipinski definition) is 0. The summed E-state index contributed by atoms with van der Waals surface area (Å²) in [4.78, 5) is 0. The molecule has 1 heterocycles. The maximum absolute atomic E-state index is 5.92. The molecule has 0 aromatic carbocycles. The van der Waals surface area contributed by atoms with E-state index in [4.69, 9.17) is 9.47 Å². The van der Waals surface area contributed by atoms with Gasteiger partial charge in [0.1, 0.15) is 0 Å². The van der Waals surface area contributed by atoms with Crippen LogP contribution >= 0.6 is 0 Å². The molecule has 2 nitrogen and oxygen atoms in total. The van der Waals surface area contributed by atoms with Crippen LogP contribution < -0.4 is 0 Å². The highest BCUT2D eigenvalue weighted by atomic mass is 16.8. The topological polar surface area (TPSA) is 18.5 Å². The summed E-state index contributed by atoms with van der Waals surface area (Å²) in [5.41, 5.74) is 1.61. The van der Waals surface area contributed by atoms with Crippen LogP contribution in [0.5, 0.6) is 0 Å². The lowest BCUT2D eigenvalue weighted by Crippen LogP contribution is -2.29. The molecule has 0 amide bonds. The van der Waals surface area contributed by atoms with Crippen molar-refractivity contribution in [2.75, 3.05) is 0 Å². The van der Waals surface area contributed by atoms with Crippen molar-refractivity contribution in [1.29, 1.82) is 0 Å². The predicted molar refractivity (Wildman–Crippen MR) is 40.3 cm³/mol. The first kappa shape index (κ1) is 5.61. The van der Waals surface area contributed by atoms with Gasteiger partial charge in [-0.25, -0.2) is 0 Å². The van der Waals surface area contributed by atoms with Crippen LogP contribution in [0.4, 0.5) is 0 Å². The van der Waals surface area contributed by atoms with Crippen LogP contribution in [0.2, 0.25) is 0 Å². The van der Waals surface area contributed by atoms with Gasteiger partial charge in [0.2, 0.25) is 0 Å². The minimum absolute atomic E-state index is 0.286. The fourth-order valence-electron chi connectivity index (χ4n) is 4.78. The van der Waals surface area contributed by atoms with E-state index in [0.29, 0.717) is 12.2 Å². The van der Waals surface area contributed by atoms with E-state index in [2.05, 4.69) is 0 Å². The minimum Gasteiger partial charge on any atom is -0.344 e. The SMILES string of the molecule is CC1(C)OC2C(O1)C1C34CC13C24. The lowest BCUT2D eigenvalue weighted by Gasteiger charge is -2.26. The lowest BCUT2D eigenvalue weighted by molar-refractivity contribution is -0.168. The van der Waals surface area contributed by atoms with Crippen LogP contribution in [0.1, 0.15) is 20.3 Å². The van der Waals surface area contributed by atoms with Gasteiger partial charge in [-0.05, 0) is 31.1 Å². The van der Waals surface area contributed by atoms with E-state index < -0.39 is 0 Å². The highest BCUT2D eigenvalue weighted by Gasteiger charge is 3.17. The molecule has 6 aliphatic rings. The highest BCUT2D eigenvalue weighted by Crippen LogP contribution is 3.17. The molecule has 6 rings (SSSR count). The first-order chi connectivity index (χ1) is 5.64. The van der Waals surface area contributed by atoms with Crippen molar-refractivity contribution < 1.29 is 9.47 Å². The summed E-state index contributed by atoms with van der Waals surface area (Å²) >= 11 is 0. The monoisotopic (exact) mass is 164 g/mol. The molecule has 2 unspecified atom stereocenters. The predicted octanol–water partition coefficient (Wildman–Crippen LogP) is 1.16. The number of hydrogen-bond acceptors (Lipinski definition) is 2. The van der Waals surface area contributed by atoms with E-state index in [1.54, 1.807) is 0 Å². The van der Waals surface area contributed by atoms with Crippen LogP contribution in [0.15, 0.2) is 0 Å². The molecule has 2 heteroatoms. The molecular weight excluding hydrogens is 152 g/mol. The molecule has 1 aliphatic heterocycles. The van der Waals surface area contributed by atoms with Gasteiger partial charge in [0, 0.05) is 11.8 Å². The lowest BCUT2D eigenvalue weighted by atomic mass is 9.87. The van der Waals surface area contributed by atoms with Crippen LogP contribution in [0.25, 0.3) is 0 Å². The zero-order valence-corrected chi connectivity index (χ0v) is 7.33. The van der Waals surface area contributed by atoms with Crippen molar-refractivity contribution in [2.45, 2.75) is 38.3 Å². The van der Waals surface area contributed by atoms with Gasteiger partial charge in [-0.2, -0.15) is 0 Å². The largest absolute Gasteiger partial charge is 0.344 e. The number of rotatable bonds is 0. The van der Waals surface area contributed by atoms with Crippen molar-refractivity contribution in [1.82, 2.24) is 0 Å². The molecule has 5 aliphatic carbocycles. The van der Waals surface area contributed by atoms with Crippen molar-refractivity contribution in [3.05, 3.63) is 0 Å². The van der Waals surface area contributed by atoms with E-state index >= 15 is 0 Å². The standard InChI is InChI=1S/C10H12O2/c1-8(2)11-4-5(12-8)7-9-3-10(7,9)6(4)9/h4-7H,3H2,1-2H3. The van der Waals surface area contributed by atoms with Gasteiger partial charge < -0.3 is 9.47 Å². The Morgan fingerprint density at radius 3 is 1.92 bits per heavy atom. The van der Waals surface area contributed by atoms with Gasteiger partial charge in [-0.15, -0.1) is 0 Å². The Morgan fingerprint density at radius 1 is 1.00 bits per heavy atom. The molecule has 5 saturated carbocycles. The maximum atomic E-state index is 5.92. The molecule has 2 bridgehead atoms. The third-order valence-corrected chi connectivity index (χ3v) is 5.20. The van der Waals surface area contributed by atoms with Gasteiger partial charge in [0.25, 0.3) is 0 Å². The van der Waals surface area contributed by atoms with Crippen LogP contribution in [-0.2, 0) is 9.47 Å². The van der Waals surface area contributed by atoms with Crippen LogP contribution in [0.3, 0.4) is 0 Å². The second kappa shape index (κ2) is 0.992. The van der Waals surface area contributed by atoms with E-state index in [1.165, 1.54) is 6.42 Å². The molecule has 64 valence electrons. The van der Waals surface area contributed by atoms with E-state index in [1.807, 2.05) is 13.8 Å². The molecule has 2 atom stereocenters. The Bertz CT molecular complexity index is 295. The minimum atomic E-state index is -0.286. The molecule has 0 N–H and O–H groups in total. The van der Waals surface area contributed by atoms with E-state index in [9.17, 15) is 0 Å². The Kier molecular flexibility index (Phi) is 0.463. The van der Waals surface area contributed by atoms with Crippen molar-refractivity contribution in [3.8, 4) is 0 Å². The fourth-order valence-corrected chi connectivity index (χ4v) is 4.78. The summed E-state index contributed by atoms with van der Waals surface area (Å²) in [5.74, 6) is 1.58. The summed E-state index contributed by atoms with van der Waals surface area (Å²) in [6, 6.07) is 0. The first-order valence-electron chi connectivity index (χ1n) is 4.99. The van der Waals surface area contributed by atoms with Crippen LogP contribution in [0, 0.1) is 22.7 Å². The second-order valence-corrected chi connectivity index (χ2v) is 5.78. The molecular formula is C10H12O2. The normalized spacial score (nSPS) is 82.5. The Hall–Kier alpha value is -0.0800. The van der Waals surface area contributed by atoms with Gasteiger partial charge in [-0.3, -0.25) is 0 Å². The van der Waals surface area contributed by atoms with Crippen molar-refractivity contribution in [2.24, 2.45) is 22.7 Å². The van der Waals surface area contributed by atoms with Crippen LogP contribution in [-0.4, -0.2) is 18.0 Å². The molecule has 0 aromatic heterocycles. The zero-order chi connectivity index (χ0) is 7.93. The summed E-state index contributed by atoms with van der Waals surface area (Å²) < 4.78 is 11.8. The van der Waals surface area contributed by atoms with Crippen molar-refractivity contribution >= 4 is 0 Å². The Labute approximate surface area is 71.2 Å². The Morgan fingerprint density at radius 2 is 1.50 bits per heavy atom. The summed E-state index contributed by atoms with van der Waals surface area (Å²) in [5, 5.41) is 0. The van der Waals surface area contributed by atoms with Crippen molar-refractivity contribution in [3.63, 3.8) is 0 Å². The average Bonchev–Trinajstić information content (AvgIpc) is 2.66. The first-order valence-corrected chi connectivity index (χ1v) is 4.99. The van der Waals surface area contributed by atoms with E-state index in [-0.39, 0.29) is 5.79 Å².